The second-order valence-electron chi connectivity index (χ2n) is 6.42. The van der Waals surface area contributed by atoms with Crippen molar-refractivity contribution in [2.75, 3.05) is 16.8 Å². The Morgan fingerprint density at radius 1 is 1.24 bits per heavy atom. The van der Waals surface area contributed by atoms with E-state index in [1.165, 1.54) is 6.07 Å². The summed E-state index contributed by atoms with van der Waals surface area (Å²) in [5.74, 6) is -1.09. The summed E-state index contributed by atoms with van der Waals surface area (Å²) in [6.45, 7) is 5.67. The Labute approximate surface area is 145 Å². The van der Waals surface area contributed by atoms with Crippen molar-refractivity contribution >= 4 is 23.2 Å². The highest BCUT2D eigenvalue weighted by atomic mass is 19.1. The summed E-state index contributed by atoms with van der Waals surface area (Å²) in [7, 11) is 0. The number of aromatic nitrogens is 1. The van der Waals surface area contributed by atoms with Gasteiger partial charge in [-0.15, -0.1) is 0 Å². The number of nitrogens with one attached hydrogen (secondary N) is 1. The summed E-state index contributed by atoms with van der Waals surface area (Å²) in [5.41, 5.74) is 3.45. The summed E-state index contributed by atoms with van der Waals surface area (Å²) >= 11 is 0. The number of nitrogens with zero attached hydrogens (tertiary/aromatic N) is 2. The number of carbonyl (C=O) groups is 2. The maximum absolute atomic E-state index is 13.4. The predicted molar refractivity (Wildman–Crippen MR) is 93.9 cm³/mol. The Kier molecular flexibility index (Phi) is 4.53. The van der Waals surface area contributed by atoms with E-state index < -0.39 is 5.92 Å². The van der Waals surface area contributed by atoms with Crippen LogP contribution in [0.3, 0.4) is 0 Å². The molecule has 1 aromatic carbocycles. The van der Waals surface area contributed by atoms with Gasteiger partial charge in [0.15, 0.2) is 0 Å². The third-order valence-corrected chi connectivity index (χ3v) is 4.55. The number of rotatable bonds is 3. The van der Waals surface area contributed by atoms with Gasteiger partial charge in [0.05, 0.1) is 17.3 Å². The normalized spacial score (nSPS) is 17.0. The molecule has 1 unspecified atom stereocenters. The van der Waals surface area contributed by atoms with Crippen molar-refractivity contribution in [2.24, 2.45) is 5.92 Å². The van der Waals surface area contributed by atoms with E-state index in [0.29, 0.717) is 16.9 Å². The molecule has 2 amide bonds. The number of carbonyl (C=O) groups excluding carboxylic acids is 2. The number of aryl methyl sites for hydroxylation is 3. The van der Waals surface area contributed by atoms with Crippen LogP contribution in [-0.2, 0) is 9.59 Å². The first-order valence-electron chi connectivity index (χ1n) is 8.16. The molecule has 0 bridgehead atoms. The number of benzene rings is 1. The van der Waals surface area contributed by atoms with Crippen molar-refractivity contribution in [3.63, 3.8) is 0 Å². The zero-order valence-corrected chi connectivity index (χ0v) is 14.5. The summed E-state index contributed by atoms with van der Waals surface area (Å²) in [5, 5.41) is 2.89. The standard InChI is InChI=1S/C19H20FN3O2/c1-11-6-7-21-13(3)18(11)22-19(25)14-9-17(24)23(10-14)15-4-5-16(20)12(2)8-15/h4-8,14H,9-10H2,1-3H3,(H,22,25). The maximum Gasteiger partial charge on any atom is 0.229 e. The Hall–Kier alpha value is -2.76. The first-order valence-corrected chi connectivity index (χ1v) is 8.16. The van der Waals surface area contributed by atoms with Crippen LogP contribution in [0.25, 0.3) is 0 Å². The molecule has 1 aromatic heterocycles. The average Bonchev–Trinajstić information content (AvgIpc) is 2.95. The largest absolute Gasteiger partial charge is 0.324 e. The second kappa shape index (κ2) is 6.63. The first-order chi connectivity index (χ1) is 11.9. The Morgan fingerprint density at radius 2 is 2.00 bits per heavy atom. The lowest BCUT2D eigenvalue weighted by atomic mass is 10.1. The van der Waals surface area contributed by atoms with E-state index in [1.54, 1.807) is 30.2 Å². The molecule has 2 aromatic rings. The molecule has 1 fully saturated rings. The SMILES string of the molecule is Cc1cc(N2CC(C(=O)Nc3c(C)ccnc3C)CC2=O)ccc1F. The molecular weight excluding hydrogens is 321 g/mol. The number of hydrogen-bond acceptors (Lipinski definition) is 3. The van der Waals surface area contributed by atoms with Gasteiger partial charge in [-0.05, 0) is 56.2 Å². The molecule has 6 heteroatoms. The van der Waals surface area contributed by atoms with Gasteiger partial charge < -0.3 is 10.2 Å². The molecule has 5 nitrogen and oxygen atoms in total. The van der Waals surface area contributed by atoms with Gasteiger partial charge in [-0.1, -0.05) is 0 Å². The van der Waals surface area contributed by atoms with Crippen LogP contribution in [0.1, 0.15) is 23.2 Å². The predicted octanol–water partition coefficient (Wildman–Crippen LogP) is 3.14. The Morgan fingerprint density at radius 3 is 2.68 bits per heavy atom. The fourth-order valence-corrected chi connectivity index (χ4v) is 3.04. The molecule has 1 atom stereocenters. The molecule has 3 rings (SSSR count). The van der Waals surface area contributed by atoms with Gasteiger partial charge in [-0.2, -0.15) is 0 Å². The van der Waals surface area contributed by atoms with Crippen molar-refractivity contribution in [1.82, 2.24) is 4.98 Å². The Bertz CT molecular complexity index is 830. The first kappa shape index (κ1) is 17.1. The summed E-state index contributed by atoms with van der Waals surface area (Å²) in [6, 6.07) is 6.36. The molecule has 1 N–H and O–H groups in total. The van der Waals surface area contributed by atoms with Crippen molar-refractivity contribution in [3.05, 3.63) is 53.1 Å². The van der Waals surface area contributed by atoms with Crippen LogP contribution in [0.4, 0.5) is 15.8 Å². The fourth-order valence-electron chi connectivity index (χ4n) is 3.04. The van der Waals surface area contributed by atoms with Gasteiger partial charge >= 0.3 is 0 Å². The lowest BCUT2D eigenvalue weighted by Gasteiger charge is -2.18. The number of hydrogen-bond donors (Lipinski definition) is 1. The maximum atomic E-state index is 13.4. The molecule has 0 saturated carbocycles. The van der Waals surface area contributed by atoms with Crippen molar-refractivity contribution in [1.29, 1.82) is 0 Å². The molecule has 0 radical (unpaired) electrons. The molecule has 25 heavy (non-hydrogen) atoms. The minimum Gasteiger partial charge on any atom is -0.324 e. The highest BCUT2D eigenvalue weighted by Crippen LogP contribution is 2.28. The van der Waals surface area contributed by atoms with Gasteiger partial charge in [0.1, 0.15) is 5.82 Å². The van der Waals surface area contributed by atoms with Gasteiger partial charge in [0.25, 0.3) is 0 Å². The van der Waals surface area contributed by atoms with Crippen LogP contribution < -0.4 is 10.2 Å². The van der Waals surface area contributed by atoms with Gasteiger partial charge in [0, 0.05) is 24.8 Å². The van der Waals surface area contributed by atoms with Gasteiger partial charge in [-0.25, -0.2) is 4.39 Å². The monoisotopic (exact) mass is 341 g/mol. The third-order valence-electron chi connectivity index (χ3n) is 4.55. The van der Waals surface area contributed by atoms with Crippen LogP contribution in [-0.4, -0.2) is 23.3 Å². The molecule has 2 heterocycles. The third kappa shape index (κ3) is 3.38. The van der Waals surface area contributed by atoms with Gasteiger partial charge in [-0.3, -0.25) is 14.6 Å². The highest BCUT2D eigenvalue weighted by Gasteiger charge is 2.35. The van der Waals surface area contributed by atoms with Crippen molar-refractivity contribution in [3.8, 4) is 0 Å². The molecule has 1 aliphatic rings. The fraction of sp³-hybridized carbons (Fsp3) is 0.316. The molecule has 1 saturated heterocycles. The van der Waals surface area contributed by atoms with E-state index >= 15 is 0 Å². The zero-order valence-electron chi connectivity index (χ0n) is 14.5. The van der Waals surface area contributed by atoms with E-state index in [2.05, 4.69) is 10.3 Å². The second-order valence-corrected chi connectivity index (χ2v) is 6.42. The smallest absolute Gasteiger partial charge is 0.229 e. The average molecular weight is 341 g/mol. The van der Waals surface area contributed by atoms with Crippen LogP contribution in [0.5, 0.6) is 0 Å². The van der Waals surface area contributed by atoms with Crippen molar-refractivity contribution in [2.45, 2.75) is 27.2 Å². The molecule has 0 aliphatic carbocycles. The highest BCUT2D eigenvalue weighted by molar-refractivity contribution is 6.03. The van der Waals surface area contributed by atoms with E-state index in [-0.39, 0.29) is 30.6 Å². The number of halogens is 1. The van der Waals surface area contributed by atoms with E-state index in [1.807, 2.05) is 19.9 Å². The summed E-state index contributed by atoms with van der Waals surface area (Å²) in [4.78, 5) is 30.6. The Balaban J connectivity index is 1.75. The number of anilines is 2. The number of pyridine rings is 1. The molecular formula is C19H20FN3O2. The minimum absolute atomic E-state index is 0.134. The lowest BCUT2D eigenvalue weighted by molar-refractivity contribution is -0.122. The molecule has 1 aliphatic heterocycles. The topological polar surface area (TPSA) is 62.3 Å². The summed E-state index contributed by atoms with van der Waals surface area (Å²) < 4.78 is 13.4. The van der Waals surface area contributed by atoms with Crippen molar-refractivity contribution < 1.29 is 14.0 Å². The minimum atomic E-state index is -0.447. The summed E-state index contributed by atoms with van der Waals surface area (Å²) in [6.07, 6.45) is 1.83. The quantitative estimate of drug-likeness (QED) is 0.933. The van der Waals surface area contributed by atoms with E-state index in [4.69, 9.17) is 0 Å². The molecule has 0 spiro atoms. The lowest BCUT2D eigenvalue weighted by Crippen LogP contribution is -2.28. The molecule has 130 valence electrons. The van der Waals surface area contributed by atoms with E-state index in [0.717, 1.165) is 11.3 Å². The van der Waals surface area contributed by atoms with Crippen LogP contribution in [0.15, 0.2) is 30.5 Å². The zero-order chi connectivity index (χ0) is 18.1. The van der Waals surface area contributed by atoms with E-state index in [9.17, 15) is 14.0 Å². The van der Waals surface area contributed by atoms with Crippen LogP contribution in [0, 0.1) is 32.5 Å². The van der Waals surface area contributed by atoms with Crippen LogP contribution >= 0.6 is 0 Å². The number of amides is 2. The van der Waals surface area contributed by atoms with Crippen LogP contribution in [0.2, 0.25) is 0 Å². The van der Waals surface area contributed by atoms with Gasteiger partial charge in [0.2, 0.25) is 11.8 Å².